The number of fused-ring (bicyclic) bond motifs is 1. The molecule has 0 bridgehead atoms. The largest absolute Gasteiger partial charge is 0.508 e. The lowest BCUT2D eigenvalue weighted by atomic mass is 10.00. The summed E-state index contributed by atoms with van der Waals surface area (Å²) in [5, 5.41) is 14.1. The Labute approximate surface area is 182 Å². The van der Waals surface area contributed by atoms with E-state index in [9.17, 15) is 9.90 Å². The van der Waals surface area contributed by atoms with Crippen molar-refractivity contribution in [1.29, 1.82) is 0 Å². The highest BCUT2D eigenvalue weighted by molar-refractivity contribution is 6.00. The monoisotopic (exact) mass is 417 g/mol. The number of carbonyl (C=O) groups excluding carboxylic acids is 1. The molecule has 2 aliphatic rings. The van der Waals surface area contributed by atoms with Gasteiger partial charge in [-0.1, -0.05) is 24.3 Å². The van der Waals surface area contributed by atoms with Crippen LogP contribution in [0, 0.1) is 0 Å². The smallest absolute Gasteiger partial charge is 0.255 e. The molecule has 2 aromatic carbocycles. The van der Waals surface area contributed by atoms with Gasteiger partial charge in [-0.15, -0.1) is 0 Å². The predicted molar refractivity (Wildman–Crippen MR) is 118 cm³/mol. The SMILES string of the molecule is CC1c2ccc(-c3cnn(C4CCCCO4)c3)cc2C(=O)N1[C@H](C)c1ccc(O)cc1. The van der Waals surface area contributed by atoms with Crippen LogP contribution in [-0.4, -0.2) is 32.3 Å². The lowest BCUT2D eigenvalue weighted by molar-refractivity contribution is -0.0394. The van der Waals surface area contributed by atoms with Gasteiger partial charge in [0, 0.05) is 23.9 Å². The van der Waals surface area contributed by atoms with Gasteiger partial charge in [-0.3, -0.25) is 4.79 Å². The molecule has 6 nitrogen and oxygen atoms in total. The summed E-state index contributed by atoms with van der Waals surface area (Å²) < 4.78 is 7.73. The second kappa shape index (κ2) is 7.85. The number of nitrogens with zero attached hydrogens (tertiary/aromatic N) is 3. The number of rotatable bonds is 4. The summed E-state index contributed by atoms with van der Waals surface area (Å²) in [6, 6.07) is 13.1. The summed E-state index contributed by atoms with van der Waals surface area (Å²) in [5.41, 5.74) is 4.77. The second-order valence-corrected chi connectivity index (χ2v) is 8.49. The van der Waals surface area contributed by atoms with Crippen molar-refractivity contribution in [2.75, 3.05) is 6.61 Å². The molecule has 0 aliphatic carbocycles. The number of phenolic OH excluding ortho intramolecular Hbond substituents is 1. The van der Waals surface area contributed by atoms with Gasteiger partial charge in [0.1, 0.15) is 12.0 Å². The maximum Gasteiger partial charge on any atom is 0.255 e. The molecule has 2 unspecified atom stereocenters. The summed E-state index contributed by atoms with van der Waals surface area (Å²) in [4.78, 5) is 15.3. The first-order valence-corrected chi connectivity index (χ1v) is 10.9. The van der Waals surface area contributed by atoms with Crippen molar-refractivity contribution in [3.05, 3.63) is 71.5 Å². The van der Waals surface area contributed by atoms with Crippen molar-refractivity contribution in [2.24, 2.45) is 0 Å². The third-order valence-electron chi connectivity index (χ3n) is 6.56. The molecule has 1 saturated heterocycles. The molecule has 3 aromatic rings. The van der Waals surface area contributed by atoms with Crippen molar-refractivity contribution in [2.45, 2.75) is 51.4 Å². The maximum absolute atomic E-state index is 13.4. The zero-order valence-electron chi connectivity index (χ0n) is 17.9. The van der Waals surface area contributed by atoms with E-state index in [4.69, 9.17) is 4.74 Å². The van der Waals surface area contributed by atoms with Crippen molar-refractivity contribution >= 4 is 5.91 Å². The summed E-state index contributed by atoms with van der Waals surface area (Å²) in [6.45, 7) is 4.88. The van der Waals surface area contributed by atoms with E-state index >= 15 is 0 Å². The quantitative estimate of drug-likeness (QED) is 0.631. The summed E-state index contributed by atoms with van der Waals surface area (Å²) in [6.07, 6.45) is 7.09. The first-order valence-electron chi connectivity index (χ1n) is 10.9. The van der Waals surface area contributed by atoms with Crippen LogP contribution in [0.3, 0.4) is 0 Å². The normalized spacial score (nSPS) is 21.9. The van der Waals surface area contributed by atoms with Crippen LogP contribution < -0.4 is 0 Å². The molecule has 1 N–H and O–H groups in total. The van der Waals surface area contributed by atoms with Gasteiger partial charge in [0.25, 0.3) is 5.91 Å². The highest BCUT2D eigenvalue weighted by atomic mass is 16.5. The molecular weight excluding hydrogens is 390 g/mol. The Morgan fingerprint density at radius 3 is 2.68 bits per heavy atom. The van der Waals surface area contributed by atoms with Gasteiger partial charge in [0.2, 0.25) is 0 Å². The van der Waals surface area contributed by atoms with Crippen molar-refractivity contribution in [3.8, 4) is 16.9 Å². The number of hydrogen-bond acceptors (Lipinski definition) is 4. The van der Waals surface area contributed by atoms with Crippen LogP contribution in [0.25, 0.3) is 11.1 Å². The van der Waals surface area contributed by atoms with Crippen LogP contribution in [0.1, 0.15) is 72.9 Å². The zero-order chi connectivity index (χ0) is 21.5. The fourth-order valence-electron chi connectivity index (χ4n) is 4.75. The number of benzene rings is 2. The standard InChI is InChI=1S/C25H27N3O3/c1-16(18-6-9-21(29)10-7-18)28-17(2)22-11-8-19(13-23(22)25(28)30)20-14-26-27(15-20)24-5-3-4-12-31-24/h6-11,13-17,24,29H,3-5,12H2,1-2H3/t16-,17?,24?/m1/s1. The molecule has 3 heterocycles. The van der Waals surface area contributed by atoms with Gasteiger partial charge < -0.3 is 14.7 Å². The molecule has 5 rings (SSSR count). The van der Waals surface area contributed by atoms with E-state index in [2.05, 4.69) is 24.2 Å². The Balaban J connectivity index is 1.41. The molecule has 1 aromatic heterocycles. The minimum atomic E-state index is -0.0925. The van der Waals surface area contributed by atoms with Gasteiger partial charge in [0.15, 0.2) is 0 Å². The molecule has 6 heteroatoms. The first kappa shape index (κ1) is 19.8. The Morgan fingerprint density at radius 1 is 1.13 bits per heavy atom. The van der Waals surface area contributed by atoms with E-state index in [-0.39, 0.29) is 30.0 Å². The molecule has 1 amide bonds. The van der Waals surface area contributed by atoms with E-state index in [0.29, 0.717) is 0 Å². The second-order valence-electron chi connectivity index (χ2n) is 8.49. The lowest BCUT2D eigenvalue weighted by Gasteiger charge is -2.29. The molecule has 160 valence electrons. The zero-order valence-corrected chi connectivity index (χ0v) is 17.9. The number of phenols is 1. The fraction of sp³-hybridized carbons (Fsp3) is 0.360. The van der Waals surface area contributed by atoms with E-state index in [1.807, 2.05) is 47.1 Å². The lowest BCUT2D eigenvalue weighted by Crippen LogP contribution is -2.29. The van der Waals surface area contributed by atoms with Crippen molar-refractivity contribution < 1.29 is 14.6 Å². The van der Waals surface area contributed by atoms with Crippen LogP contribution in [0.15, 0.2) is 54.9 Å². The number of aromatic nitrogens is 2. The van der Waals surface area contributed by atoms with Crippen LogP contribution in [0.2, 0.25) is 0 Å². The Morgan fingerprint density at radius 2 is 1.94 bits per heavy atom. The molecule has 0 spiro atoms. The molecule has 2 aliphatic heterocycles. The minimum Gasteiger partial charge on any atom is -0.508 e. The Kier molecular flexibility index (Phi) is 5.02. The average Bonchev–Trinajstić information content (AvgIpc) is 3.38. The van der Waals surface area contributed by atoms with Crippen LogP contribution in [-0.2, 0) is 4.74 Å². The Hall–Kier alpha value is -3.12. The number of ether oxygens (including phenoxy) is 1. The number of aromatic hydroxyl groups is 1. The van der Waals surface area contributed by atoms with Gasteiger partial charge in [0.05, 0.1) is 18.3 Å². The third-order valence-corrected chi connectivity index (χ3v) is 6.56. The highest BCUT2D eigenvalue weighted by Gasteiger charge is 2.37. The molecule has 0 radical (unpaired) electrons. The summed E-state index contributed by atoms with van der Waals surface area (Å²) >= 11 is 0. The summed E-state index contributed by atoms with van der Waals surface area (Å²) in [7, 11) is 0. The Bertz CT molecular complexity index is 1100. The minimum absolute atomic E-state index is 0.000215. The van der Waals surface area contributed by atoms with Gasteiger partial charge >= 0.3 is 0 Å². The highest BCUT2D eigenvalue weighted by Crippen LogP contribution is 2.41. The van der Waals surface area contributed by atoms with Crippen molar-refractivity contribution in [3.63, 3.8) is 0 Å². The van der Waals surface area contributed by atoms with E-state index in [1.54, 1.807) is 12.1 Å². The van der Waals surface area contributed by atoms with E-state index in [0.717, 1.165) is 53.7 Å². The number of amides is 1. The molecular formula is C25H27N3O3. The average molecular weight is 418 g/mol. The number of hydrogen-bond donors (Lipinski definition) is 1. The third kappa shape index (κ3) is 3.51. The first-order chi connectivity index (χ1) is 15.0. The molecule has 31 heavy (non-hydrogen) atoms. The van der Waals surface area contributed by atoms with Gasteiger partial charge in [-0.05, 0) is 68.0 Å². The van der Waals surface area contributed by atoms with E-state index < -0.39 is 0 Å². The van der Waals surface area contributed by atoms with Crippen LogP contribution in [0.4, 0.5) is 0 Å². The molecule has 0 saturated carbocycles. The topological polar surface area (TPSA) is 67.6 Å². The predicted octanol–water partition coefficient (Wildman–Crippen LogP) is 5.23. The van der Waals surface area contributed by atoms with E-state index in [1.165, 1.54) is 0 Å². The van der Waals surface area contributed by atoms with Crippen molar-refractivity contribution in [1.82, 2.24) is 14.7 Å². The van der Waals surface area contributed by atoms with Crippen LogP contribution in [0.5, 0.6) is 5.75 Å². The number of carbonyl (C=O) groups is 1. The summed E-state index contributed by atoms with van der Waals surface area (Å²) in [5.74, 6) is 0.261. The van der Waals surface area contributed by atoms with Crippen LogP contribution >= 0.6 is 0 Å². The molecule has 3 atom stereocenters. The van der Waals surface area contributed by atoms with Gasteiger partial charge in [-0.25, -0.2) is 4.68 Å². The van der Waals surface area contributed by atoms with Gasteiger partial charge in [-0.2, -0.15) is 5.10 Å². The molecule has 1 fully saturated rings. The maximum atomic E-state index is 13.4. The fourth-order valence-corrected chi connectivity index (χ4v) is 4.75.